The number of rotatable bonds is 8. The van der Waals surface area contributed by atoms with Gasteiger partial charge in [0.05, 0.1) is 0 Å². The molecule has 8 aromatic rings. The summed E-state index contributed by atoms with van der Waals surface area (Å²) in [6, 6.07) is 69.3. The van der Waals surface area contributed by atoms with Gasteiger partial charge in [0, 0.05) is 0 Å². The number of benzene rings is 8. The third-order valence-corrected chi connectivity index (χ3v) is 11.0. The van der Waals surface area contributed by atoms with Gasteiger partial charge in [-0.3, -0.25) is 0 Å². The molecule has 0 radical (unpaired) electrons. The van der Waals surface area contributed by atoms with Crippen molar-refractivity contribution in [2.45, 2.75) is 91.9 Å². The van der Waals surface area contributed by atoms with Crippen LogP contribution in [0, 0.1) is 25.5 Å². The van der Waals surface area contributed by atoms with Gasteiger partial charge in [-0.05, 0) is 130 Å². The summed E-state index contributed by atoms with van der Waals surface area (Å²) in [6.07, 6.45) is 3.76. The number of hydrogen-bond acceptors (Lipinski definition) is 0. The quantitative estimate of drug-likeness (QED) is 0.143. The Morgan fingerprint density at radius 1 is 0.266 bits per heavy atom. The molecule has 0 bridgehead atoms. The van der Waals surface area contributed by atoms with Crippen LogP contribution in [0.3, 0.4) is 0 Å². The Labute approximate surface area is 383 Å². The standard InChI is InChI=1S/C21H28.C15H16.C13H10F2.C13H12/c1-20(2,3)18-11-7-16(8-12-18)15-17-9-13-19(14-10-17)21(4,5)6;1-12-3-7-14(8-4-12)11-15-9-5-13(2)6-10-15;14-12-5-1-10(2-6-12)9-11-3-7-13(15)8-4-11;1-3-7-12(8-4-1)11-13-9-5-2-6-10-13/h7-14H,15H2,1-6H3;3-10H,11H2,1-2H3;1-8H,9H2;1-10H,11H2. The van der Waals surface area contributed by atoms with Gasteiger partial charge < -0.3 is 0 Å². The molecule has 8 aromatic carbocycles. The maximum Gasteiger partial charge on any atom is 0.123 e. The van der Waals surface area contributed by atoms with Crippen LogP contribution < -0.4 is 0 Å². The van der Waals surface area contributed by atoms with E-state index < -0.39 is 0 Å². The Bertz CT molecular complexity index is 2240. The molecule has 328 valence electrons. The Morgan fingerprint density at radius 2 is 0.469 bits per heavy atom. The highest BCUT2D eigenvalue weighted by atomic mass is 19.1. The molecule has 0 aliphatic carbocycles. The zero-order valence-corrected chi connectivity index (χ0v) is 39.2. The van der Waals surface area contributed by atoms with Crippen molar-refractivity contribution in [3.05, 3.63) is 285 Å². The van der Waals surface area contributed by atoms with Gasteiger partial charge in [-0.1, -0.05) is 235 Å². The third kappa shape index (κ3) is 17.4. The summed E-state index contributed by atoms with van der Waals surface area (Å²) in [5.41, 5.74) is 16.2. The zero-order chi connectivity index (χ0) is 46.0. The van der Waals surface area contributed by atoms with Gasteiger partial charge in [0.25, 0.3) is 0 Å². The van der Waals surface area contributed by atoms with Gasteiger partial charge in [-0.15, -0.1) is 0 Å². The van der Waals surface area contributed by atoms with Gasteiger partial charge in [0.1, 0.15) is 11.6 Å². The van der Waals surface area contributed by atoms with Crippen LogP contribution in [0.5, 0.6) is 0 Å². The van der Waals surface area contributed by atoms with Gasteiger partial charge in [0.15, 0.2) is 0 Å². The lowest BCUT2D eigenvalue weighted by Crippen LogP contribution is -2.11. The number of hydrogen-bond donors (Lipinski definition) is 0. The molecule has 0 atom stereocenters. The smallest absolute Gasteiger partial charge is 0.123 e. The molecule has 0 amide bonds. The van der Waals surface area contributed by atoms with Gasteiger partial charge in [-0.2, -0.15) is 0 Å². The second kappa shape index (κ2) is 23.9. The zero-order valence-electron chi connectivity index (χ0n) is 39.2. The second-order valence-corrected chi connectivity index (χ2v) is 18.8. The van der Waals surface area contributed by atoms with Crippen LogP contribution in [-0.4, -0.2) is 0 Å². The molecule has 8 rings (SSSR count). The fraction of sp³-hybridized carbons (Fsp3) is 0.226. The highest BCUT2D eigenvalue weighted by Gasteiger charge is 2.14. The van der Waals surface area contributed by atoms with E-state index in [-0.39, 0.29) is 22.5 Å². The Morgan fingerprint density at radius 3 is 0.703 bits per heavy atom. The van der Waals surface area contributed by atoms with E-state index in [2.05, 4.69) is 213 Å². The predicted molar refractivity (Wildman–Crippen MR) is 270 cm³/mol. The monoisotopic (exact) mass is 849 g/mol. The van der Waals surface area contributed by atoms with E-state index in [4.69, 9.17) is 0 Å². The van der Waals surface area contributed by atoms with Gasteiger partial charge in [-0.25, -0.2) is 8.78 Å². The molecule has 0 saturated heterocycles. The second-order valence-electron chi connectivity index (χ2n) is 18.8. The predicted octanol–water partition coefficient (Wildman–Crippen LogP) is 16.6. The highest BCUT2D eigenvalue weighted by molar-refractivity contribution is 5.35. The number of aryl methyl sites for hydroxylation is 2. The molecule has 0 spiro atoms. The van der Waals surface area contributed by atoms with E-state index in [1.54, 1.807) is 24.3 Å². The topological polar surface area (TPSA) is 0 Å². The van der Waals surface area contributed by atoms with Crippen molar-refractivity contribution < 1.29 is 8.78 Å². The van der Waals surface area contributed by atoms with Crippen molar-refractivity contribution >= 4 is 0 Å². The summed E-state index contributed by atoms with van der Waals surface area (Å²) < 4.78 is 25.3. The van der Waals surface area contributed by atoms with Crippen LogP contribution in [0.4, 0.5) is 8.78 Å². The SMILES string of the molecule is CC(C)(C)c1ccc(Cc2ccc(C(C)(C)C)cc2)cc1.Cc1ccc(Cc2ccc(C)cc2)cc1.Fc1ccc(Cc2ccc(F)cc2)cc1.c1ccc(Cc2ccccc2)cc1. The fourth-order valence-corrected chi connectivity index (χ4v) is 7.00. The first-order valence-electron chi connectivity index (χ1n) is 22.5. The van der Waals surface area contributed by atoms with Crippen molar-refractivity contribution in [1.29, 1.82) is 0 Å². The first kappa shape index (κ1) is 48.6. The molecule has 0 saturated carbocycles. The molecule has 0 unspecified atom stereocenters. The molecule has 64 heavy (non-hydrogen) atoms. The molecule has 0 N–H and O–H groups in total. The van der Waals surface area contributed by atoms with Crippen molar-refractivity contribution in [2.75, 3.05) is 0 Å². The minimum atomic E-state index is -0.238. The van der Waals surface area contributed by atoms with E-state index in [0.717, 1.165) is 30.4 Å². The molecular formula is C62H66F2. The average Bonchev–Trinajstić information content (AvgIpc) is 3.28. The van der Waals surface area contributed by atoms with Crippen LogP contribution in [-0.2, 0) is 36.5 Å². The molecule has 0 heterocycles. The molecular weight excluding hydrogens is 783 g/mol. The van der Waals surface area contributed by atoms with Crippen molar-refractivity contribution in [3.8, 4) is 0 Å². The van der Waals surface area contributed by atoms with Crippen LogP contribution in [0.15, 0.2) is 206 Å². The third-order valence-electron chi connectivity index (χ3n) is 11.0. The summed E-state index contributed by atoms with van der Waals surface area (Å²) in [4.78, 5) is 0. The van der Waals surface area contributed by atoms with Crippen LogP contribution >= 0.6 is 0 Å². The molecule has 0 nitrogen and oxygen atoms in total. The molecule has 0 fully saturated rings. The largest absolute Gasteiger partial charge is 0.207 e. The van der Waals surface area contributed by atoms with Gasteiger partial charge >= 0.3 is 0 Å². The molecule has 0 aromatic heterocycles. The summed E-state index contributed by atoms with van der Waals surface area (Å²) >= 11 is 0. The fourth-order valence-electron chi connectivity index (χ4n) is 7.00. The molecule has 2 heteroatoms. The lowest BCUT2D eigenvalue weighted by Gasteiger charge is -2.20. The minimum Gasteiger partial charge on any atom is -0.207 e. The van der Waals surface area contributed by atoms with Gasteiger partial charge in [0.2, 0.25) is 0 Å². The highest BCUT2D eigenvalue weighted by Crippen LogP contribution is 2.25. The van der Waals surface area contributed by atoms with Crippen molar-refractivity contribution in [1.82, 2.24) is 0 Å². The van der Waals surface area contributed by atoms with E-state index in [9.17, 15) is 8.78 Å². The summed E-state index contributed by atoms with van der Waals surface area (Å²) in [6.45, 7) is 17.8. The Balaban J connectivity index is 0.000000163. The maximum absolute atomic E-state index is 12.6. The first-order valence-corrected chi connectivity index (χ1v) is 22.5. The van der Waals surface area contributed by atoms with E-state index >= 15 is 0 Å². The summed E-state index contributed by atoms with van der Waals surface area (Å²) in [5.74, 6) is -0.476. The lowest BCUT2D eigenvalue weighted by molar-refractivity contribution is 0.590. The summed E-state index contributed by atoms with van der Waals surface area (Å²) in [7, 11) is 0. The van der Waals surface area contributed by atoms with E-state index in [1.807, 2.05) is 0 Å². The minimum absolute atomic E-state index is 0.229. The van der Waals surface area contributed by atoms with Crippen LogP contribution in [0.1, 0.15) is 108 Å². The normalized spacial score (nSPS) is 10.9. The average molecular weight is 849 g/mol. The van der Waals surface area contributed by atoms with E-state index in [0.29, 0.717) is 6.42 Å². The Kier molecular flexibility index (Phi) is 18.2. The first-order chi connectivity index (χ1) is 30.6. The van der Waals surface area contributed by atoms with Crippen molar-refractivity contribution in [3.63, 3.8) is 0 Å². The Hall–Kier alpha value is -6.38. The van der Waals surface area contributed by atoms with E-state index in [1.165, 1.54) is 79.9 Å². The lowest BCUT2D eigenvalue weighted by atomic mass is 9.85. The van der Waals surface area contributed by atoms with Crippen molar-refractivity contribution in [2.24, 2.45) is 0 Å². The van der Waals surface area contributed by atoms with Crippen LogP contribution in [0.2, 0.25) is 0 Å². The molecule has 0 aliphatic rings. The number of halogens is 2. The van der Waals surface area contributed by atoms with Crippen LogP contribution in [0.25, 0.3) is 0 Å². The maximum atomic E-state index is 12.6. The molecule has 0 aliphatic heterocycles. The summed E-state index contributed by atoms with van der Waals surface area (Å²) in [5, 5.41) is 0.